The standard InChI is InChI=1S/C34H44O4/c1-22(2)31(36)14-10-8-7-9-12-28(35)13-11-17-38-34-20-27-18-24(4)25(5)19-30(27)32(34)29-16-15-23(3)26(6)33(29)37-21-34/h15-16,18-19,32H,1,7-14,17,20-21H2,2-6H3. The molecule has 0 bridgehead atoms. The van der Waals surface area contributed by atoms with Gasteiger partial charge in [-0.2, -0.15) is 0 Å². The Kier molecular flexibility index (Phi) is 8.92. The van der Waals surface area contributed by atoms with Crippen LogP contribution in [-0.4, -0.2) is 30.4 Å². The van der Waals surface area contributed by atoms with Gasteiger partial charge in [-0.1, -0.05) is 43.7 Å². The Hall–Kier alpha value is -2.72. The minimum absolute atomic E-state index is 0.146. The normalized spacial score (nSPS) is 19.3. The number of aryl methyl sites for hydroxylation is 3. The van der Waals surface area contributed by atoms with Crippen LogP contribution in [0.1, 0.15) is 103 Å². The molecule has 4 heteroatoms. The summed E-state index contributed by atoms with van der Waals surface area (Å²) < 4.78 is 13.1. The van der Waals surface area contributed by atoms with E-state index in [1.165, 1.54) is 38.9 Å². The van der Waals surface area contributed by atoms with Gasteiger partial charge in [-0.25, -0.2) is 0 Å². The molecular formula is C34H44O4. The summed E-state index contributed by atoms with van der Waals surface area (Å²) in [6, 6.07) is 9.10. The van der Waals surface area contributed by atoms with Crippen LogP contribution in [0.4, 0.5) is 0 Å². The third-order valence-electron chi connectivity index (χ3n) is 8.64. The number of carbonyl (C=O) groups is 2. The van der Waals surface area contributed by atoms with Crippen LogP contribution in [-0.2, 0) is 20.7 Å². The fourth-order valence-corrected chi connectivity index (χ4v) is 6.06. The van der Waals surface area contributed by atoms with Gasteiger partial charge in [0.1, 0.15) is 23.7 Å². The maximum atomic E-state index is 12.5. The summed E-state index contributed by atoms with van der Waals surface area (Å²) in [6.45, 7) is 15.2. The summed E-state index contributed by atoms with van der Waals surface area (Å²) in [4.78, 5) is 24.1. The summed E-state index contributed by atoms with van der Waals surface area (Å²) in [5.74, 6) is 1.61. The minimum Gasteiger partial charge on any atom is -0.490 e. The molecule has 2 aromatic carbocycles. The van der Waals surface area contributed by atoms with Gasteiger partial charge in [-0.15, -0.1) is 0 Å². The molecule has 38 heavy (non-hydrogen) atoms. The highest BCUT2D eigenvalue weighted by Gasteiger charge is 2.52. The second-order valence-electron chi connectivity index (χ2n) is 11.6. The van der Waals surface area contributed by atoms with Crippen LogP contribution in [0.25, 0.3) is 0 Å². The highest BCUT2D eigenvalue weighted by atomic mass is 16.5. The monoisotopic (exact) mass is 516 g/mol. The molecule has 4 rings (SSSR count). The first-order valence-corrected chi connectivity index (χ1v) is 14.3. The molecule has 2 unspecified atom stereocenters. The molecule has 2 atom stereocenters. The van der Waals surface area contributed by atoms with E-state index in [4.69, 9.17) is 9.47 Å². The van der Waals surface area contributed by atoms with E-state index in [0.717, 1.165) is 44.3 Å². The summed E-state index contributed by atoms with van der Waals surface area (Å²) in [7, 11) is 0. The van der Waals surface area contributed by atoms with Gasteiger partial charge in [0.15, 0.2) is 5.78 Å². The highest BCUT2D eigenvalue weighted by Crippen LogP contribution is 2.54. The molecule has 0 radical (unpaired) electrons. The molecule has 0 N–H and O–H groups in total. The number of Topliss-reactive ketones (excluding diaryl/α,β-unsaturated/α-hetero) is 2. The molecule has 2 aliphatic rings. The van der Waals surface area contributed by atoms with Crippen molar-refractivity contribution in [2.45, 2.75) is 104 Å². The number of carbonyl (C=O) groups excluding carboxylic acids is 2. The van der Waals surface area contributed by atoms with Crippen molar-refractivity contribution in [2.24, 2.45) is 0 Å². The average molecular weight is 517 g/mol. The molecule has 1 aliphatic carbocycles. The number of hydrogen-bond donors (Lipinski definition) is 0. The predicted octanol–water partition coefficient (Wildman–Crippen LogP) is 7.59. The van der Waals surface area contributed by atoms with Crippen LogP contribution in [0.5, 0.6) is 5.75 Å². The number of unbranched alkanes of at least 4 members (excludes halogenated alkanes) is 3. The molecule has 1 aliphatic heterocycles. The van der Waals surface area contributed by atoms with E-state index in [1.807, 2.05) is 0 Å². The van der Waals surface area contributed by atoms with Gasteiger partial charge in [0.05, 0.1) is 0 Å². The molecule has 0 saturated heterocycles. The lowest BCUT2D eigenvalue weighted by molar-refractivity contribution is -0.121. The van der Waals surface area contributed by atoms with Crippen molar-refractivity contribution in [1.82, 2.24) is 0 Å². The topological polar surface area (TPSA) is 52.6 Å². The fourth-order valence-electron chi connectivity index (χ4n) is 6.06. The largest absolute Gasteiger partial charge is 0.490 e. The third-order valence-corrected chi connectivity index (χ3v) is 8.64. The van der Waals surface area contributed by atoms with E-state index in [-0.39, 0.29) is 11.7 Å². The van der Waals surface area contributed by atoms with Crippen LogP contribution in [0.2, 0.25) is 0 Å². The summed E-state index contributed by atoms with van der Waals surface area (Å²) in [5.41, 5.74) is 9.22. The minimum atomic E-state index is -0.429. The number of rotatable bonds is 13. The van der Waals surface area contributed by atoms with Gasteiger partial charge in [-0.05, 0) is 92.8 Å². The number of hydrogen-bond acceptors (Lipinski definition) is 4. The van der Waals surface area contributed by atoms with Crippen molar-refractivity contribution >= 4 is 11.6 Å². The molecule has 4 nitrogen and oxygen atoms in total. The van der Waals surface area contributed by atoms with E-state index >= 15 is 0 Å². The quantitative estimate of drug-likeness (QED) is 0.203. The maximum Gasteiger partial charge on any atom is 0.157 e. The predicted molar refractivity (Wildman–Crippen MR) is 153 cm³/mol. The van der Waals surface area contributed by atoms with Crippen molar-refractivity contribution in [3.05, 3.63) is 75.4 Å². The van der Waals surface area contributed by atoms with Crippen LogP contribution in [0.15, 0.2) is 36.4 Å². The van der Waals surface area contributed by atoms with E-state index < -0.39 is 5.60 Å². The van der Waals surface area contributed by atoms with E-state index in [2.05, 4.69) is 58.5 Å². The Morgan fingerprint density at radius 1 is 0.921 bits per heavy atom. The molecule has 0 aromatic heterocycles. The molecule has 0 amide bonds. The lowest BCUT2D eigenvalue weighted by Crippen LogP contribution is -2.47. The lowest BCUT2D eigenvalue weighted by Gasteiger charge is -2.41. The molecule has 0 spiro atoms. The highest BCUT2D eigenvalue weighted by molar-refractivity contribution is 5.94. The number of benzene rings is 2. The van der Waals surface area contributed by atoms with Gasteiger partial charge < -0.3 is 9.47 Å². The van der Waals surface area contributed by atoms with Crippen molar-refractivity contribution in [3.63, 3.8) is 0 Å². The summed E-state index contributed by atoms with van der Waals surface area (Å²) in [5, 5.41) is 0. The van der Waals surface area contributed by atoms with Gasteiger partial charge in [0.25, 0.3) is 0 Å². The molecule has 0 saturated carbocycles. The van der Waals surface area contributed by atoms with Crippen LogP contribution in [0, 0.1) is 27.7 Å². The Balaban J connectivity index is 1.33. The fraction of sp³-hybridized carbons (Fsp3) is 0.529. The lowest BCUT2D eigenvalue weighted by atomic mass is 9.79. The van der Waals surface area contributed by atoms with E-state index in [0.29, 0.717) is 43.8 Å². The summed E-state index contributed by atoms with van der Waals surface area (Å²) in [6.07, 6.45) is 7.05. The van der Waals surface area contributed by atoms with Crippen molar-refractivity contribution < 1.29 is 19.1 Å². The Bertz CT molecular complexity index is 1220. The van der Waals surface area contributed by atoms with E-state index in [1.54, 1.807) is 6.92 Å². The number of ether oxygens (including phenoxy) is 2. The number of ketones is 2. The maximum absolute atomic E-state index is 12.5. The van der Waals surface area contributed by atoms with Crippen molar-refractivity contribution in [1.29, 1.82) is 0 Å². The van der Waals surface area contributed by atoms with Gasteiger partial charge in [0, 0.05) is 43.8 Å². The van der Waals surface area contributed by atoms with Crippen molar-refractivity contribution in [2.75, 3.05) is 13.2 Å². The molecule has 204 valence electrons. The number of fused-ring (bicyclic) bond motifs is 5. The first-order valence-electron chi connectivity index (χ1n) is 14.3. The van der Waals surface area contributed by atoms with E-state index in [9.17, 15) is 9.59 Å². The zero-order valence-corrected chi connectivity index (χ0v) is 24.0. The van der Waals surface area contributed by atoms with Gasteiger partial charge in [-0.3, -0.25) is 9.59 Å². The van der Waals surface area contributed by atoms with Crippen LogP contribution >= 0.6 is 0 Å². The van der Waals surface area contributed by atoms with Crippen LogP contribution < -0.4 is 4.74 Å². The first kappa shape index (κ1) is 28.3. The second kappa shape index (κ2) is 12.0. The molecular weight excluding hydrogens is 472 g/mol. The molecule has 1 heterocycles. The average Bonchev–Trinajstić information content (AvgIpc) is 3.19. The SMILES string of the molecule is C=C(C)C(=O)CCCCCCC(=O)CCCOC12COc3c(ccc(C)c3C)C1c1cc(C)c(C)cc1C2. The van der Waals surface area contributed by atoms with Crippen molar-refractivity contribution in [3.8, 4) is 5.75 Å². The second-order valence-corrected chi connectivity index (χ2v) is 11.6. The smallest absolute Gasteiger partial charge is 0.157 e. The summed E-state index contributed by atoms with van der Waals surface area (Å²) >= 11 is 0. The molecule has 0 fully saturated rings. The molecule has 2 aromatic rings. The van der Waals surface area contributed by atoms with Crippen LogP contribution in [0.3, 0.4) is 0 Å². The van der Waals surface area contributed by atoms with Gasteiger partial charge in [0.2, 0.25) is 0 Å². The number of allylic oxidation sites excluding steroid dienone is 1. The van der Waals surface area contributed by atoms with Gasteiger partial charge >= 0.3 is 0 Å². The third kappa shape index (κ3) is 5.96. The zero-order chi connectivity index (χ0) is 27.4. The zero-order valence-electron chi connectivity index (χ0n) is 24.0. The first-order chi connectivity index (χ1) is 18.1. The Morgan fingerprint density at radius 3 is 2.34 bits per heavy atom. The Labute approximate surface area is 228 Å². The Morgan fingerprint density at radius 2 is 1.61 bits per heavy atom.